The molecule has 29 heavy (non-hydrogen) atoms. The largest absolute Gasteiger partial charge is 0.302 e. The zero-order valence-electron chi connectivity index (χ0n) is 15.8. The molecule has 5 nitrogen and oxygen atoms in total. The number of hydrogen-bond acceptors (Lipinski definition) is 3. The smallest absolute Gasteiger partial charge is 0.137 e. The maximum absolute atomic E-state index is 6.07. The Morgan fingerprint density at radius 3 is 2.45 bits per heavy atom. The van der Waals surface area contributed by atoms with Crippen molar-refractivity contribution in [2.24, 2.45) is 0 Å². The van der Waals surface area contributed by atoms with Gasteiger partial charge in [-0.05, 0) is 31.2 Å². The van der Waals surface area contributed by atoms with E-state index < -0.39 is 0 Å². The molecule has 3 aromatic heterocycles. The molecule has 0 N–H and O–H groups in total. The third-order valence-electron chi connectivity index (χ3n) is 4.94. The molecule has 0 saturated heterocycles. The molecule has 0 aliphatic heterocycles. The predicted molar refractivity (Wildman–Crippen MR) is 115 cm³/mol. The minimum Gasteiger partial charge on any atom is -0.302 e. The van der Waals surface area contributed by atoms with Gasteiger partial charge in [-0.25, -0.2) is 9.67 Å². The van der Waals surface area contributed by atoms with E-state index in [0.717, 1.165) is 33.9 Å². The summed E-state index contributed by atoms with van der Waals surface area (Å²) in [6.07, 6.45) is 3.99. The van der Waals surface area contributed by atoms with Crippen LogP contribution < -0.4 is 0 Å². The maximum atomic E-state index is 6.07. The molecule has 0 saturated carbocycles. The molecule has 0 spiro atoms. The van der Waals surface area contributed by atoms with E-state index in [1.807, 2.05) is 59.5 Å². The van der Waals surface area contributed by atoms with Crippen LogP contribution in [0.2, 0.25) is 5.02 Å². The lowest BCUT2D eigenvalue weighted by Gasteiger charge is -2.05. The molecule has 0 radical (unpaired) electrons. The van der Waals surface area contributed by atoms with Crippen molar-refractivity contribution in [3.8, 4) is 22.5 Å². The third-order valence-corrected chi connectivity index (χ3v) is 5.20. The van der Waals surface area contributed by atoms with Crippen LogP contribution in [-0.4, -0.2) is 24.4 Å². The second kappa shape index (κ2) is 7.18. The highest BCUT2D eigenvalue weighted by molar-refractivity contribution is 6.30. The van der Waals surface area contributed by atoms with Gasteiger partial charge in [0.2, 0.25) is 0 Å². The highest BCUT2D eigenvalue weighted by atomic mass is 35.5. The van der Waals surface area contributed by atoms with Crippen LogP contribution in [-0.2, 0) is 6.54 Å². The van der Waals surface area contributed by atoms with Crippen molar-refractivity contribution in [2.45, 2.75) is 13.5 Å². The van der Waals surface area contributed by atoms with Crippen molar-refractivity contribution in [1.29, 1.82) is 0 Å². The summed E-state index contributed by atoms with van der Waals surface area (Å²) >= 11 is 6.07. The van der Waals surface area contributed by atoms with Crippen LogP contribution in [0.3, 0.4) is 0 Å². The minimum atomic E-state index is 0.558. The fraction of sp³-hybridized carbons (Fsp3) is 0.0870. The second-order valence-corrected chi connectivity index (χ2v) is 7.45. The molecule has 0 unspecified atom stereocenters. The standard InChI is InChI=1S/C23H18ClN5/c1-16-5-7-17(8-6-16)20-14-28(27-26-20)15-21-23(18-9-11-19(24)12-10-18)25-22-4-2-3-13-29(21)22/h2-14H,15H2,1H3. The number of aryl methyl sites for hydroxylation is 1. The topological polar surface area (TPSA) is 48.0 Å². The van der Waals surface area contributed by atoms with E-state index in [1.54, 1.807) is 0 Å². The lowest BCUT2D eigenvalue weighted by molar-refractivity contribution is 0.636. The fourth-order valence-corrected chi connectivity index (χ4v) is 3.55. The lowest BCUT2D eigenvalue weighted by Crippen LogP contribution is -2.05. The Bertz CT molecular complexity index is 1280. The van der Waals surface area contributed by atoms with E-state index in [1.165, 1.54) is 5.56 Å². The Morgan fingerprint density at radius 2 is 1.66 bits per heavy atom. The van der Waals surface area contributed by atoms with Gasteiger partial charge in [-0.3, -0.25) is 0 Å². The van der Waals surface area contributed by atoms with Gasteiger partial charge in [0.25, 0.3) is 0 Å². The lowest BCUT2D eigenvalue weighted by atomic mass is 10.1. The zero-order valence-corrected chi connectivity index (χ0v) is 16.6. The highest BCUT2D eigenvalue weighted by Crippen LogP contribution is 2.27. The van der Waals surface area contributed by atoms with Gasteiger partial charge in [-0.15, -0.1) is 5.10 Å². The average molecular weight is 400 g/mol. The summed E-state index contributed by atoms with van der Waals surface area (Å²) in [5.41, 5.74) is 7.01. The summed E-state index contributed by atoms with van der Waals surface area (Å²) in [5, 5.41) is 9.41. The minimum absolute atomic E-state index is 0.558. The number of fused-ring (bicyclic) bond motifs is 1. The number of aromatic nitrogens is 5. The van der Waals surface area contributed by atoms with Gasteiger partial charge in [-0.1, -0.05) is 64.8 Å². The summed E-state index contributed by atoms with van der Waals surface area (Å²) in [7, 11) is 0. The molecule has 142 valence electrons. The summed E-state index contributed by atoms with van der Waals surface area (Å²) in [4.78, 5) is 4.84. The monoisotopic (exact) mass is 399 g/mol. The van der Waals surface area contributed by atoms with E-state index >= 15 is 0 Å². The molecule has 6 heteroatoms. The first kappa shape index (κ1) is 17.6. The van der Waals surface area contributed by atoms with Crippen LogP contribution in [0.15, 0.2) is 79.1 Å². The first-order valence-electron chi connectivity index (χ1n) is 9.36. The van der Waals surface area contributed by atoms with Gasteiger partial charge in [0.05, 0.1) is 24.1 Å². The number of imidazole rings is 1. The Morgan fingerprint density at radius 1 is 0.897 bits per heavy atom. The molecule has 2 aromatic carbocycles. The fourth-order valence-electron chi connectivity index (χ4n) is 3.42. The number of pyridine rings is 1. The molecule has 5 aromatic rings. The van der Waals surface area contributed by atoms with Gasteiger partial charge in [0.15, 0.2) is 0 Å². The van der Waals surface area contributed by atoms with Crippen LogP contribution in [0.4, 0.5) is 0 Å². The average Bonchev–Trinajstić information content (AvgIpc) is 3.35. The summed E-state index contributed by atoms with van der Waals surface area (Å²) in [6.45, 7) is 2.63. The molecule has 0 bridgehead atoms. The molecule has 0 atom stereocenters. The molecule has 5 rings (SSSR count). The second-order valence-electron chi connectivity index (χ2n) is 7.01. The number of rotatable bonds is 4. The summed E-state index contributed by atoms with van der Waals surface area (Å²) < 4.78 is 3.95. The Kier molecular flexibility index (Phi) is 4.37. The van der Waals surface area contributed by atoms with E-state index in [9.17, 15) is 0 Å². The van der Waals surface area contributed by atoms with Gasteiger partial charge in [-0.2, -0.15) is 0 Å². The van der Waals surface area contributed by atoms with E-state index in [4.69, 9.17) is 16.6 Å². The van der Waals surface area contributed by atoms with Crippen molar-refractivity contribution >= 4 is 17.2 Å². The van der Waals surface area contributed by atoms with Crippen LogP contribution in [0, 0.1) is 6.92 Å². The van der Waals surface area contributed by atoms with Gasteiger partial charge in [0, 0.05) is 22.3 Å². The SMILES string of the molecule is Cc1ccc(-c2cn(Cc3c(-c4ccc(Cl)cc4)nc4ccccn34)nn2)cc1. The first-order chi connectivity index (χ1) is 14.2. The van der Waals surface area contributed by atoms with Crippen molar-refractivity contribution in [3.05, 3.63) is 95.4 Å². The predicted octanol–water partition coefficient (Wildman–Crippen LogP) is 5.27. The molecule has 0 aliphatic rings. The Balaban J connectivity index is 1.56. The van der Waals surface area contributed by atoms with Crippen LogP contribution in [0.25, 0.3) is 28.2 Å². The van der Waals surface area contributed by atoms with Crippen LogP contribution in [0.1, 0.15) is 11.3 Å². The maximum Gasteiger partial charge on any atom is 0.137 e. The molecular formula is C23H18ClN5. The highest BCUT2D eigenvalue weighted by Gasteiger charge is 2.15. The number of hydrogen-bond donors (Lipinski definition) is 0. The molecule has 0 amide bonds. The third kappa shape index (κ3) is 3.41. The summed E-state index contributed by atoms with van der Waals surface area (Å²) in [5.74, 6) is 0. The van der Waals surface area contributed by atoms with Crippen molar-refractivity contribution in [2.75, 3.05) is 0 Å². The van der Waals surface area contributed by atoms with E-state index in [2.05, 4.69) is 45.9 Å². The Hall–Kier alpha value is -3.44. The molecule has 3 heterocycles. The number of nitrogens with zero attached hydrogens (tertiary/aromatic N) is 5. The number of halogens is 1. The zero-order chi connectivity index (χ0) is 19.8. The molecule has 0 aliphatic carbocycles. The Labute approximate surface area is 173 Å². The van der Waals surface area contributed by atoms with Crippen LogP contribution in [0.5, 0.6) is 0 Å². The van der Waals surface area contributed by atoms with Crippen molar-refractivity contribution in [1.82, 2.24) is 24.4 Å². The first-order valence-corrected chi connectivity index (χ1v) is 9.74. The van der Waals surface area contributed by atoms with E-state index in [0.29, 0.717) is 11.6 Å². The van der Waals surface area contributed by atoms with Gasteiger partial charge in [0.1, 0.15) is 11.3 Å². The quantitative estimate of drug-likeness (QED) is 0.413. The van der Waals surface area contributed by atoms with E-state index in [-0.39, 0.29) is 0 Å². The number of benzene rings is 2. The summed E-state index contributed by atoms with van der Waals surface area (Å²) in [6, 6.07) is 22.0. The van der Waals surface area contributed by atoms with Crippen molar-refractivity contribution < 1.29 is 0 Å². The van der Waals surface area contributed by atoms with Gasteiger partial charge < -0.3 is 4.40 Å². The molecular weight excluding hydrogens is 382 g/mol. The van der Waals surface area contributed by atoms with Crippen LogP contribution >= 0.6 is 11.6 Å². The van der Waals surface area contributed by atoms with Crippen molar-refractivity contribution in [3.63, 3.8) is 0 Å². The van der Waals surface area contributed by atoms with Gasteiger partial charge >= 0.3 is 0 Å². The normalized spacial score (nSPS) is 11.2. The molecule has 0 fully saturated rings.